The Bertz CT molecular complexity index is 1960. The maximum absolute atomic E-state index is 13.1. The molecule has 0 aliphatic heterocycles. The van der Waals surface area contributed by atoms with E-state index in [1.165, 1.54) is 250 Å². The lowest BCUT2D eigenvalue weighted by atomic mass is 9.99. The van der Waals surface area contributed by atoms with Crippen LogP contribution in [-0.4, -0.2) is 96.7 Å². The van der Waals surface area contributed by atoms with Crippen LogP contribution in [0.4, 0.5) is 0 Å². The van der Waals surface area contributed by atoms with Crippen molar-refractivity contribution in [1.29, 1.82) is 0 Å². The third-order valence-electron chi connectivity index (χ3n) is 20.2. The van der Waals surface area contributed by atoms with E-state index in [2.05, 4.69) is 41.5 Å². The molecule has 0 saturated carbocycles. The Morgan fingerprint density at radius 1 is 0.275 bits per heavy atom. The average Bonchev–Trinajstić information content (AvgIpc) is 0.977. The minimum absolute atomic E-state index is 0.106. The van der Waals surface area contributed by atoms with Crippen LogP contribution in [0, 0.1) is 11.8 Å². The number of carbonyl (C=O) groups excluding carboxylic acids is 4. The highest BCUT2D eigenvalue weighted by molar-refractivity contribution is 7.47. The lowest BCUT2D eigenvalue weighted by Crippen LogP contribution is -2.30. The van der Waals surface area contributed by atoms with Gasteiger partial charge in [0.15, 0.2) is 12.2 Å². The van der Waals surface area contributed by atoms with E-state index in [-0.39, 0.29) is 25.7 Å². The molecule has 3 N–H and O–H groups in total. The van der Waals surface area contributed by atoms with Gasteiger partial charge < -0.3 is 33.8 Å². The number of ether oxygens (including phenoxy) is 4. The molecule has 7 atom stereocenters. The van der Waals surface area contributed by atoms with Crippen LogP contribution in [0.5, 0.6) is 0 Å². The third-order valence-corrected chi connectivity index (χ3v) is 22.1. The van der Waals surface area contributed by atoms with E-state index in [1.54, 1.807) is 0 Å². The van der Waals surface area contributed by atoms with Crippen molar-refractivity contribution in [1.82, 2.24) is 0 Å². The highest BCUT2D eigenvalue weighted by Crippen LogP contribution is 2.45. The molecule has 17 nitrogen and oxygen atoms in total. The van der Waals surface area contributed by atoms with Gasteiger partial charge in [0.2, 0.25) is 0 Å². The predicted octanol–water partition coefficient (Wildman–Crippen LogP) is 25.1. The number of aliphatic hydroxyl groups is 1. The van der Waals surface area contributed by atoms with Crippen LogP contribution in [0.1, 0.15) is 440 Å². The second-order valence-corrected chi connectivity index (χ2v) is 33.3. The third kappa shape index (κ3) is 73.6. The Morgan fingerprint density at radius 2 is 0.471 bits per heavy atom. The van der Waals surface area contributed by atoms with Crippen molar-refractivity contribution in [2.24, 2.45) is 11.8 Å². The summed E-state index contributed by atoms with van der Waals surface area (Å²) in [5.41, 5.74) is 0. The first-order valence-electron chi connectivity index (χ1n) is 43.1. The van der Waals surface area contributed by atoms with Gasteiger partial charge in [0.1, 0.15) is 19.3 Å². The number of phosphoric ester groups is 2. The Balaban J connectivity index is 5.24. The van der Waals surface area contributed by atoms with Gasteiger partial charge in [0.25, 0.3) is 0 Å². The molecule has 0 spiro atoms. The maximum Gasteiger partial charge on any atom is 0.472 e. The highest BCUT2D eigenvalue weighted by atomic mass is 31.2. The first kappa shape index (κ1) is 100. The van der Waals surface area contributed by atoms with Gasteiger partial charge in [-0.25, -0.2) is 9.13 Å². The molecule has 102 heavy (non-hydrogen) atoms. The highest BCUT2D eigenvalue weighted by Gasteiger charge is 2.30. The fraction of sp³-hybridized carbons (Fsp3) is 0.952. The van der Waals surface area contributed by atoms with E-state index in [4.69, 9.17) is 37.0 Å². The van der Waals surface area contributed by atoms with Crippen molar-refractivity contribution in [3.63, 3.8) is 0 Å². The van der Waals surface area contributed by atoms with Crippen LogP contribution in [0.3, 0.4) is 0 Å². The van der Waals surface area contributed by atoms with E-state index in [0.717, 1.165) is 108 Å². The predicted molar refractivity (Wildman–Crippen MR) is 418 cm³/mol. The van der Waals surface area contributed by atoms with Crippen LogP contribution < -0.4 is 0 Å². The monoisotopic (exact) mass is 1490 g/mol. The van der Waals surface area contributed by atoms with Crippen LogP contribution in [0.25, 0.3) is 0 Å². The lowest BCUT2D eigenvalue weighted by molar-refractivity contribution is -0.161. The summed E-state index contributed by atoms with van der Waals surface area (Å²) in [5, 5.41) is 10.7. The average molecular weight is 1490 g/mol. The number of hydrogen-bond donors (Lipinski definition) is 3. The molecule has 4 unspecified atom stereocenters. The zero-order chi connectivity index (χ0) is 74.9. The number of aliphatic hydroxyl groups excluding tert-OH is 1. The molecule has 0 heterocycles. The Labute approximate surface area is 626 Å². The van der Waals surface area contributed by atoms with Crippen LogP contribution in [0.15, 0.2) is 0 Å². The standard InChI is InChI=1S/C83H162O17P2/c1-7-11-13-15-17-19-21-23-25-27-29-31-33-35-37-42-46-53-59-65-80(85)93-71-78(99-82(87)67-61-55-47-43-38-36-34-32-30-28-26-24-22-20-18-16-14-12-8-2)73-97-101(89,90)95-69-77(84)70-96-102(91,92)98-74-79(72-94-81(86)66-60-54-50-49-52-58-64-76(6)10-4)100-83(88)68-62-56-48-44-40-39-41-45-51-57-63-75(5)9-3/h75-79,84H,7-74H2,1-6H3,(H,89,90)(H,91,92)/t75?,76?,77-,78-,79-/m1/s1. The molecule has 0 saturated heterocycles. The van der Waals surface area contributed by atoms with E-state index in [9.17, 15) is 43.2 Å². The number of carbonyl (C=O) groups is 4. The van der Waals surface area contributed by atoms with Crippen LogP contribution >= 0.6 is 15.6 Å². The summed E-state index contributed by atoms with van der Waals surface area (Å²) in [6.45, 7) is 9.63. The second-order valence-electron chi connectivity index (χ2n) is 30.4. The minimum Gasteiger partial charge on any atom is -0.462 e. The van der Waals surface area contributed by atoms with Crippen molar-refractivity contribution in [3.05, 3.63) is 0 Å². The molecule has 606 valence electrons. The molecular weight excluding hydrogens is 1330 g/mol. The van der Waals surface area contributed by atoms with Gasteiger partial charge in [0.05, 0.1) is 26.4 Å². The normalized spacial score (nSPS) is 14.4. The molecule has 0 aromatic rings. The van der Waals surface area contributed by atoms with Gasteiger partial charge in [-0.15, -0.1) is 0 Å². The van der Waals surface area contributed by atoms with Crippen molar-refractivity contribution >= 4 is 39.5 Å². The first-order chi connectivity index (χ1) is 49.4. The van der Waals surface area contributed by atoms with E-state index >= 15 is 0 Å². The molecule has 0 amide bonds. The van der Waals surface area contributed by atoms with Gasteiger partial charge in [0, 0.05) is 25.7 Å². The smallest absolute Gasteiger partial charge is 0.462 e. The second kappa shape index (κ2) is 74.5. The summed E-state index contributed by atoms with van der Waals surface area (Å²) in [6.07, 6.45) is 65.3. The Morgan fingerprint density at radius 3 is 0.696 bits per heavy atom. The summed E-state index contributed by atoms with van der Waals surface area (Å²) in [5.74, 6) is -0.574. The number of phosphoric acid groups is 2. The van der Waals surface area contributed by atoms with Gasteiger partial charge >= 0.3 is 39.5 Å². The number of esters is 4. The van der Waals surface area contributed by atoms with Crippen molar-refractivity contribution in [2.75, 3.05) is 39.6 Å². The molecule has 0 radical (unpaired) electrons. The van der Waals surface area contributed by atoms with E-state index < -0.39 is 97.5 Å². The Kier molecular flexibility index (Phi) is 73.1. The van der Waals surface area contributed by atoms with E-state index in [1.807, 2.05) is 0 Å². The maximum atomic E-state index is 13.1. The van der Waals surface area contributed by atoms with E-state index in [0.29, 0.717) is 25.7 Å². The van der Waals surface area contributed by atoms with Crippen LogP contribution in [-0.2, 0) is 65.4 Å². The van der Waals surface area contributed by atoms with Crippen molar-refractivity contribution in [2.45, 2.75) is 458 Å². The Hall–Kier alpha value is -1.94. The van der Waals surface area contributed by atoms with Gasteiger partial charge in [-0.2, -0.15) is 0 Å². The summed E-state index contributed by atoms with van der Waals surface area (Å²) < 4.78 is 68.8. The van der Waals surface area contributed by atoms with Crippen molar-refractivity contribution in [3.8, 4) is 0 Å². The molecule has 0 rings (SSSR count). The fourth-order valence-electron chi connectivity index (χ4n) is 12.8. The first-order valence-corrected chi connectivity index (χ1v) is 46.1. The molecule has 19 heteroatoms. The summed E-state index contributed by atoms with van der Waals surface area (Å²) in [4.78, 5) is 73.1. The quantitative estimate of drug-likeness (QED) is 0.0222. The van der Waals surface area contributed by atoms with Crippen molar-refractivity contribution < 1.29 is 80.2 Å². The molecule has 0 aliphatic carbocycles. The number of unbranched alkanes of at least 4 members (excludes halogenated alkanes) is 50. The number of hydrogen-bond acceptors (Lipinski definition) is 15. The molecule has 0 bridgehead atoms. The summed E-state index contributed by atoms with van der Waals surface area (Å²) in [6, 6.07) is 0. The van der Waals surface area contributed by atoms with Crippen LogP contribution in [0.2, 0.25) is 0 Å². The minimum atomic E-state index is -4.96. The number of rotatable bonds is 82. The topological polar surface area (TPSA) is 237 Å². The lowest BCUT2D eigenvalue weighted by Gasteiger charge is -2.21. The largest absolute Gasteiger partial charge is 0.472 e. The molecule has 0 aliphatic rings. The van der Waals surface area contributed by atoms with Gasteiger partial charge in [-0.05, 0) is 37.5 Å². The zero-order valence-electron chi connectivity index (χ0n) is 66.9. The molecule has 0 fully saturated rings. The summed E-state index contributed by atoms with van der Waals surface area (Å²) >= 11 is 0. The molecular formula is C83H162O17P2. The molecule has 0 aromatic heterocycles. The fourth-order valence-corrected chi connectivity index (χ4v) is 14.4. The molecule has 0 aromatic carbocycles. The van der Waals surface area contributed by atoms with Gasteiger partial charge in [-0.3, -0.25) is 37.3 Å². The zero-order valence-corrected chi connectivity index (χ0v) is 68.7. The summed E-state index contributed by atoms with van der Waals surface area (Å²) in [7, 11) is -9.92. The SMILES string of the molecule is CCCCCCCCCCCCCCCCCCCCCC(=O)OC[C@H](COP(=O)(O)OC[C@@H](O)COP(=O)(O)OC[C@@H](COC(=O)CCCCCCCCC(C)CC)OC(=O)CCCCCCCCCCCCC(C)CC)OC(=O)CCCCCCCCCCCCCCCCCCCCC. The van der Waals surface area contributed by atoms with Gasteiger partial charge in [-0.1, -0.05) is 388 Å².